The van der Waals surface area contributed by atoms with E-state index in [4.69, 9.17) is 0 Å². The maximum Gasteiger partial charge on any atom is 0.290 e. The Morgan fingerprint density at radius 3 is 3.21 bits per heavy atom. The minimum absolute atomic E-state index is 0.193. The van der Waals surface area contributed by atoms with E-state index in [0.717, 1.165) is 19.4 Å². The Balaban J connectivity index is 2.22. The van der Waals surface area contributed by atoms with E-state index in [9.17, 15) is 9.90 Å². The average molecular weight is 195 g/mol. The fourth-order valence-electron chi connectivity index (χ4n) is 1.72. The summed E-state index contributed by atoms with van der Waals surface area (Å²) in [6.45, 7) is 1.29. The lowest BCUT2D eigenvalue weighted by Gasteiger charge is -2.30. The summed E-state index contributed by atoms with van der Waals surface area (Å²) in [6, 6.07) is 0. The molecular formula is C9H13N3O2. The van der Waals surface area contributed by atoms with Crippen molar-refractivity contribution in [2.75, 3.05) is 18.0 Å². The van der Waals surface area contributed by atoms with Gasteiger partial charge in [0, 0.05) is 25.5 Å². The van der Waals surface area contributed by atoms with Crippen LogP contribution in [0.4, 0.5) is 5.82 Å². The minimum Gasteiger partial charge on any atom is -0.391 e. The second-order valence-electron chi connectivity index (χ2n) is 3.48. The first-order valence-electron chi connectivity index (χ1n) is 4.74. The van der Waals surface area contributed by atoms with Crippen LogP contribution < -0.4 is 10.5 Å². The number of hydrogen-bond acceptors (Lipinski definition) is 4. The van der Waals surface area contributed by atoms with Crippen molar-refractivity contribution in [3.63, 3.8) is 0 Å². The predicted molar refractivity (Wildman–Crippen MR) is 52.3 cm³/mol. The van der Waals surface area contributed by atoms with Crippen molar-refractivity contribution >= 4 is 5.82 Å². The number of anilines is 1. The van der Waals surface area contributed by atoms with Crippen molar-refractivity contribution in [2.24, 2.45) is 0 Å². The highest BCUT2D eigenvalue weighted by atomic mass is 16.3. The van der Waals surface area contributed by atoms with Crippen LogP contribution in [0.5, 0.6) is 0 Å². The lowest BCUT2D eigenvalue weighted by Crippen LogP contribution is -2.41. The number of aromatic amines is 1. The zero-order chi connectivity index (χ0) is 9.97. The third kappa shape index (κ3) is 1.77. The maximum absolute atomic E-state index is 11.4. The van der Waals surface area contributed by atoms with Gasteiger partial charge in [0.15, 0.2) is 5.82 Å². The van der Waals surface area contributed by atoms with Crippen LogP contribution in [0.3, 0.4) is 0 Å². The van der Waals surface area contributed by atoms with Crippen LogP contribution in [0, 0.1) is 0 Å². The fourth-order valence-corrected chi connectivity index (χ4v) is 1.72. The lowest BCUT2D eigenvalue weighted by atomic mass is 10.1. The molecule has 1 aliphatic rings. The van der Waals surface area contributed by atoms with E-state index >= 15 is 0 Å². The minimum atomic E-state index is -0.342. The van der Waals surface area contributed by atoms with E-state index in [0.29, 0.717) is 12.4 Å². The first kappa shape index (κ1) is 9.21. The standard InChI is InChI=1S/C9H13N3O2/c13-7-2-1-5-12(6-7)8-9(14)11-4-3-10-8/h3-4,7,13H,1-2,5-6H2,(H,11,14). The van der Waals surface area contributed by atoms with Crippen LogP contribution in [-0.2, 0) is 0 Å². The molecule has 0 spiro atoms. The van der Waals surface area contributed by atoms with Gasteiger partial charge in [0.05, 0.1) is 6.10 Å². The molecule has 0 saturated carbocycles. The summed E-state index contributed by atoms with van der Waals surface area (Å²) >= 11 is 0. The molecule has 5 heteroatoms. The quantitative estimate of drug-likeness (QED) is 0.647. The van der Waals surface area contributed by atoms with Crippen LogP contribution in [0.15, 0.2) is 17.2 Å². The number of nitrogens with one attached hydrogen (secondary N) is 1. The van der Waals surface area contributed by atoms with Gasteiger partial charge >= 0.3 is 0 Å². The highest BCUT2D eigenvalue weighted by molar-refractivity contribution is 5.35. The third-order valence-corrected chi connectivity index (χ3v) is 2.38. The van der Waals surface area contributed by atoms with Gasteiger partial charge in [-0.25, -0.2) is 4.98 Å². The zero-order valence-electron chi connectivity index (χ0n) is 7.81. The highest BCUT2D eigenvalue weighted by Gasteiger charge is 2.20. The van der Waals surface area contributed by atoms with Gasteiger partial charge in [-0.05, 0) is 12.8 Å². The molecule has 0 amide bonds. The van der Waals surface area contributed by atoms with E-state index in [1.54, 1.807) is 6.20 Å². The molecule has 1 atom stereocenters. The fraction of sp³-hybridized carbons (Fsp3) is 0.556. The first-order chi connectivity index (χ1) is 6.77. The van der Waals surface area contributed by atoms with Crippen molar-refractivity contribution in [1.29, 1.82) is 0 Å². The number of β-amino-alcohol motifs (C(OH)–C–C–N with tert-alkyl or cyclic N) is 1. The van der Waals surface area contributed by atoms with E-state index in [-0.39, 0.29) is 11.7 Å². The molecule has 0 aromatic carbocycles. The van der Waals surface area contributed by atoms with Crippen LogP contribution in [0.1, 0.15) is 12.8 Å². The summed E-state index contributed by atoms with van der Waals surface area (Å²) in [5.74, 6) is 0.409. The summed E-state index contributed by atoms with van der Waals surface area (Å²) in [6.07, 6.45) is 4.42. The molecule has 14 heavy (non-hydrogen) atoms. The lowest BCUT2D eigenvalue weighted by molar-refractivity contribution is 0.153. The summed E-state index contributed by atoms with van der Waals surface area (Å²) in [5.41, 5.74) is -0.193. The Morgan fingerprint density at radius 2 is 2.50 bits per heavy atom. The Kier molecular flexibility index (Phi) is 2.49. The molecule has 1 aliphatic heterocycles. The Labute approximate surface area is 81.4 Å². The molecule has 1 unspecified atom stereocenters. The molecule has 5 nitrogen and oxygen atoms in total. The topological polar surface area (TPSA) is 69.2 Å². The molecule has 1 aromatic heterocycles. The third-order valence-electron chi connectivity index (χ3n) is 2.38. The van der Waals surface area contributed by atoms with Crippen molar-refractivity contribution in [3.8, 4) is 0 Å². The van der Waals surface area contributed by atoms with Gasteiger partial charge in [-0.2, -0.15) is 0 Å². The summed E-state index contributed by atoms with van der Waals surface area (Å²) < 4.78 is 0. The van der Waals surface area contributed by atoms with Crippen molar-refractivity contribution in [3.05, 3.63) is 22.7 Å². The monoisotopic (exact) mass is 195 g/mol. The van der Waals surface area contributed by atoms with E-state index < -0.39 is 0 Å². The van der Waals surface area contributed by atoms with Crippen LogP contribution in [-0.4, -0.2) is 34.3 Å². The molecule has 2 heterocycles. The van der Waals surface area contributed by atoms with Gasteiger partial charge < -0.3 is 15.0 Å². The summed E-state index contributed by atoms with van der Waals surface area (Å²) in [5, 5.41) is 9.45. The normalized spacial score (nSPS) is 22.4. The van der Waals surface area contributed by atoms with E-state index in [2.05, 4.69) is 9.97 Å². The van der Waals surface area contributed by atoms with Gasteiger partial charge in [-0.1, -0.05) is 0 Å². The van der Waals surface area contributed by atoms with Crippen molar-refractivity contribution < 1.29 is 5.11 Å². The molecule has 0 aliphatic carbocycles. The molecule has 2 N–H and O–H groups in total. The molecule has 1 aromatic rings. The largest absolute Gasteiger partial charge is 0.391 e. The molecule has 0 radical (unpaired) electrons. The summed E-state index contributed by atoms with van der Waals surface area (Å²) in [4.78, 5) is 19.8. The number of hydrogen-bond donors (Lipinski definition) is 2. The van der Waals surface area contributed by atoms with E-state index in [1.807, 2.05) is 4.90 Å². The van der Waals surface area contributed by atoms with Gasteiger partial charge in [0.25, 0.3) is 5.56 Å². The number of aliphatic hydroxyl groups is 1. The summed E-state index contributed by atoms with van der Waals surface area (Å²) in [7, 11) is 0. The predicted octanol–water partition coefficient (Wildman–Crippen LogP) is -0.269. The van der Waals surface area contributed by atoms with Crippen LogP contribution in [0.25, 0.3) is 0 Å². The molecule has 76 valence electrons. The smallest absolute Gasteiger partial charge is 0.290 e. The highest BCUT2D eigenvalue weighted by Crippen LogP contribution is 2.13. The first-order valence-corrected chi connectivity index (χ1v) is 4.74. The Morgan fingerprint density at radius 1 is 1.64 bits per heavy atom. The second-order valence-corrected chi connectivity index (χ2v) is 3.48. The maximum atomic E-state index is 11.4. The Bertz CT molecular complexity index is 363. The van der Waals surface area contributed by atoms with Gasteiger partial charge in [0.1, 0.15) is 0 Å². The molecule has 2 rings (SSSR count). The number of aromatic nitrogens is 2. The van der Waals surface area contributed by atoms with Crippen LogP contribution in [0.2, 0.25) is 0 Å². The molecule has 1 saturated heterocycles. The SMILES string of the molecule is O=c1[nH]ccnc1N1CCCC(O)C1. The number of nitrogens with zero attached hydrogens (tertiary/aromatic N) is 2. The van der Waals surface area contributed by atoms with Crippen molar-refractivity contribution in [1.82, 2.24) is 9.97 Å². The van der Waals surface area contributed by atoms with Gasteiger partial charge in [-0.15, -0.1) is 0 Å². The number of aliphatic hydroxyl groups excluding tert-OH is 1. The Hall–Kier alpha value is -1.36. The molecule has 1 fully saturated rings. The molecular weight excluding hydrogens is 182 g/mol. The number of rotatable bonds is 1. The second kappa shape index (κ2) is 3.79. The van der Waals surface area contributed by atoms with Gasteiger partial charge in [-0.3, -0.25) is 4.79 Å². The van der Waals surface area contributed by atoms with Gasteiger partial charge in [0.2, 0.25) is 0 Å². The zero-order valence-corrected chi connectivity index (χ0v) is 7.81. The van der Waals surface area contributed by atoms with Crippen molar-refractivity contribution in [2.45, 2.75) is 18.9 Å². The van der Waals surface area contributed by atoms with Crippen LogP contribution >= 0.6 is 0 Å². The van der Waals surface area contributed by atoms with E-state index in [1.165, 1.54) is 6.20 Å². The average Bonchev–Trinajstić information content (AvgIpc) is 2.18. The number of piperidine rings is 1. The number of H-pyrrole nitrogens is 1. The molecule has 0 bridgehead atoms.